The number of nitrogens with zero attached hydrogens (tertiary/aromatic N) is 3. The van der Waals surface area contributed by atoms with Gasteiger partial charge in [-0.15, -0.1) is 0 Å². The predicted octanol–water partition coefficient (Wildman–Crippen LogP) is 5.80. The monoisotopic (exact) mass is 548 g/mol. The molecule has 2 aromatic heterocycles. The van der Waals surface area contributed by atoms with Gasteiger partial charge in [0, 0.05) is 43.0 Å². The van der Waals surface area contributed by atoms with Crippen LogP contribution in [0.25, 0.3) is 22.0 Å². The molecule has 1 saturated carbocycles. The molecular weight excluding hydrogens is 516 g/mol. The maximum atomic E-state index is 13.5. The van der Waals surface area contributed by atoms with E-state index in [0.29, 0.717) is 39.6 Å². The molecule has 4 aromatic rings. The Balaban J connectivity index is 1.68. The van der Waals surface area contributed by atoms with Crippen molar-refractivity contribution in [2.45, 2.75) is 43.9 Å². The van der Waals surface area contributed by atoms with Crippen molar-refractivity contribution in [3.63, 3.8) is 0 Å². The fourth-order valence-electron chi connectivity index (χ4n) is 5.32. The largest absolute Gasteiger partial charge is 0.486 e. The molecular formula is C29H32N4O5S. The van der Waals surface area contributed by atoms with Gasteiger partial charge in [0.25, 0.3) is 5.56 Å². The number of benzene rings is 2. The molecule has 1 aliphatic carbocycles. The van der Waals surface area contributed by atoms with Crippen molar-refractivity contribution in [2.75, 3.05) is 19.0 Å². The fourth-order valence-corrected chi connectivity index (χ4v) is 6.43. The molecule has 10 heteroatoms. The molecule has 39 heavy (non-hydrogen) atoms. The van der Waals surface area contributed by atoms with Crippen molar-refractivity contribution in [1.82, 2.24) is 8.54 Å². The third kappa shape index (κ3) is 5.08. The number of hydrogen-bond donors (Lipinski definition) is 1. The first-order chi connectivity index (χ1) is 18.8. The van der Waals surface area contributed by atoms with Gasteiger partial charge >= 0.3 is 5.69 Å². The van der Waals surface area contributed by atoms with E-state index in [4.69, 9.17) is 4.74 Å². The third-order valence-corrected chi connectivity index (χ3v) is 8.79. The molecule has 1 N–H and O–H groups in total. The summed E-state index contributed by atoms with van der Waals surface area (Å²) in [6, 6.07) is 12.5. The molecule has 204 valence electrons. The minimum absolute atomic E-state index is 0.143. The highest BCUT2D eigenvalue weighted by molar-refractivity contribution is 7.83. The van der Waals surface area contributed by atoms with Crippen molar-refractivity contribution in [3.05, 3.63) is 80.9 Å². The quantitative estimate of drug-likeness (QED) is 0.220. The molecule has 0 aliphatic heterocycles. The maximum Gasteiger partial charge on any atom is 0.334 e. The fraction of sp³-hybridized carbons (Fsp3) is 0.345. The Bertz CT molecular complexity index is 1620. The van der Waals surface area contributed by atoms with Crippen molar-refractivity contribution >= 4 is 33.3 Å². The average Bonchev–Trinajstić information content (AvgIpc) is 3.39. The first-order valence-electron chi connectivity index (χ1n) is 13.1. The summed E-state index contributed by atoms with van der Waals surface area (Å²) in [6.07, 6.45) is 8.83. The maximum absolute atomic E-state index is 13.5. The first kappa shape index (κ1) is 26.7. The van der Waals surface area contributed by atoms with Gasteiger partial charge in [-0.2, -0.15) is 0 Å². The van der Waals surface area contributed by atoms with Crippen LogP contribution in [0.2, 0.25) is 0 Å². The van der Waals surface area contributed by atoms with Crippen molar-refractivity contribution in [3.8, 4) is 16.9 Å². The summed E-state index contributed by atoms with van der Waals surface area (Å²) in [7, 11) is 1.60. The predicted molar refractivity (Wildman–Crippen MR) is 154 cm³/mol. The SMILES string of the molecule is CNc1ccc(-c2cn(C)c(=O)c3c2ccn3S(=O)c2ccc(C)cc2)c(OCC2CCCCC2)c1[N+](=O)[O-]. The lowest BCUT2D eigenvalue weighted by Crippen LogP contribution is -2.20. The minimum atomic E-state index is -1.66. The Labute approximate surface area is 229 Å². The number of aryl methyl sites for hydroxylation is 2. The van der Waals surface area contributed by atoms with E-state index < -0.39 is 15.9 Å². The van der Waals surface area contributed by atoms with Crippen LogP contribution < -0.4 is 15.6 Å². The molecule has 1 atom stereocenters. The normalized spacial score (nSPS) is 14.8. The lowest BCUT2D eigenvalue weighted by molar-refractivity contribution is -0.384. The molecule has 1 unspecified atom stereocenters. The second-order valence-electron chi connectivity index (χ2n) is 10.1. The number of nitrogens with one attached hydrogen (secondary N) is 1. The van der Waals surface area contributed by atoms with Gasteiger partial charge in [0.05, 0.1) is 16.4 Å². The minimum Gasteiger partial charge on any atom is -0.486 e. The van der Waals surface area contributed by atoms with E-state index in [9.17, 15) is 19.1 Å². The Morgan fingerprint density at radius 1 is 1.08 bits per heavy atom. The lowest BCUT2D eigenvalue weighted by Gasteiger charge is -2.23. The second-order valence-corrected chi connectivity index (χ2v) is 11.4. The molecule has 1 aliphatic rings. The number of ether oxygens (including phenoxy) is 1. The van der Waals surface area contributed by atoms with Crippen LogP contribution in [0, 0.1) is 23.0 Å². The Hall–Kier alpha value is -3.92. The third-order valence-electron chi connectivity index (χ3n) is 7.45. The number of pyridine rings is 1. The summed E-state index contributed by atoms with van der Waals surface area (Å²) in [5.41, 5.74) is 2.29. The lowest BCUT2D eigenvalue weighted by atomic mass is 9.90. The number of aromatic nitrogens is 2. The molecule has 0 spiro atoms. The van der Waals surface area contributed by atoms with Crippen LogP contribution in [-0.2, 0) is 18.0 Å². The summed E-state index contributed by atoms with van der Waals surface area (Å²) >= 11 is 0. The van der Waals surface area contributed by atoms with Crippen LogP contribution in [0.15, 0.2) is 64.5 Å². The number of fused-ring (bicyclic) bond motifs is 1. The Morgan fingerprint density at radius 3 is 2.46 bits per heavy atom. The van der Waals surface area contributed by atoms with Gasteiger partial charge in [0.15, 0.2) is 11.0 Å². The van der Waals surface area contributed by atoms with Gasteiger partial charge in [-0.25, -0.2) is 4.21 Å². The van der Waals surface area contributed by atoms with Crippen LogP contribution in [-0.4, -0.2) is 31.3 Å². The molecule has 2 heterocycles. The molecule has 5 rings (SSSR count). The van der Waals surface area contributed by atoms with E-state index in [1.165, 1.54) is 15.0 Å². The van der Waals surface area contributed by atoms with Crippen LogP contribution in [0.3, 0.4) is 0 Å². The number of hydrogen-bond acceptors (Lipinski definition) is 6. The van der Waals surface area contributed by atoms with Crippen molar-refractivity contribution in [2.24, 2.45) is 13.0 Å². The summed E-state index contributed by atoms with van der Waals surface area (Å²) in [5, 5.41) is 15.7. The molecule has 0 bridgehead atoms. The van der Waals surface area contributed by atoms with Crippen LogP contribution in [0.5, 0.6) is 5.75 Å². The smallest absolute Gasteiger partial charge is 0.334 e. The highest BCUT2D eigenvalue weighted by atomic mass is 32.2. The Kier molecular flexibility index (Phi) is 7.56. The Morgan fingerprint density at radius 2 is 1.79 bits per heavy atom. The average molecular weight is 549 g/mol. The summed E-state index contributed by atoms with van der Waals surface area (Å²) in [5.74, 6) is 0.507. The van der Waals surface area contributed by atoms with Crippen molar-refractivity contribution < 1.29 is 13.9 Å². The van der Waals surface area contributed by atoms with E-state index in [0.717, 1.165) is 31.2 Å². The van der Waals surface area contributed by atoms with Crippen molar-refractivity contribution in [1.29, 1.82) is 0 Å². The van der Waals surface area contributed by atoms with Crippen LogP contribution in [0.1, 0.15) is 37.7 Å². The molecule has 0 radical (unpaired) electrons. The summed E-state index contributed by atoms with van der Waals surface area (Å²) in [4.78, 5) is 25.8. The highest BCUT2D eigenvalue weighted by Gasteiger charge is 2.28. The second kappa shape index (κ2) is 11.1. The zero-order chi connectivity index (χ0) is 27.7. The van der Waals surface area contributed by atoms with E-state index in [-0.39, 0.29) is 22.5 Å². The zero-order valence-electron chi connectivity index (χ0n) is 22.3. The molecule has 0 saturated heterocycles. The standard InChI is InChI=1S/C29H32N4O5S/c1-19-9-11-21(12-10-19)39(37)32-16-15-22-24(17-31(3)29(34)26(22)32)23-13-14-25(30-2)27(33(35)36)28(23)38-18-20-7-5-4-6-8-20/h9-17,20,30H,4-8,18H2,1-3H3. The topological polar surface area (TPSA) is 108 Å². The van der Waals surface area contributed by atoms with Gasteiger partial charge in [-0.1, -0.05) is 37.0 Å². The van der Waals surface area contributed by atoms with Gasteiger partial charge in [-0.05, 0) is 56.0 Å². The molecule has 2 aromatic carbocycles. The van der Waals surface area contributed by atoms with Crippen LogP contribution in [0.4, 0.5) is 11.4 Å². The van der Waals surface area contributed by atoms with Gasteiger partial charge < -0.3 is 14.6 Å². The first-order valence-corrected chi connectivity index (χ1v) is 14.2. The number of rotatable bonds is 8. The number of nitro benzene ring substituents is 1. The summed E-state index contributed by atoms with van der Waals surface area (Å²) < 4.78 is 22.7. The van der Waals surface area contributed by atoms with Gasteiger partial charge in [0.1, 0.15) is 11.2 Å². The molecule has 9 nitrogen and oxygen atoms in total. The van der Waals surface area contributed by atoms with E-state index >= 15 is 0 Å². The number of nitro groups is 1. The van der Waals surface area contributed by atoms with E-state index in [1.54, 1.807) is 56.8 Å². The highest BCUT2D eigenvalue weighted by Crippen LogP contribution is 2.45. The number of anilines is 1. The van der Waals surface area contributed by atoms with E-state index in [2.05, 4.69) is 5.32 Å². The summed E-state index contributed by atoms with van der Waals surface area (Å²) in [6.45, 7) is 2.33. The molecule has 0 amide bonds. The van der Waals surface area contributed by atoms with E-state index in [1.807, 2.05) is 19.1 Å². The zero-order valence-corrected chi connectivity index (χ0v) is 23.1. The molecule has 1 fully saturated rings. The van der Waals surface area contributed by atoms with Gasteiger partial charge in [0.2, 0.25) is 5.75 Å². The van der Waals surface area contributed by atoms with Crippen LogP contribution >= 0.6 is 0 Å². The van der Waals surface area contributed by atoms with Gasteiger partial charge in [-0.3, -0.25) is 18.9 Å².